The van der Waals surface area contributed by atoms with Crippen molar-refractivity contribution in [1.82, 2.24) is 4.90 Å². The maximum absolute atomic E-state index is 12.8. The summed E-state index contributed by atoms with van der Waals surface area (Å²) in [5.74, 6) is -1.37. The Hall–Kier alpha value is -3.18. The first-order valence-electron chi connectivity index (χ1n) is 8.58. The number of aliphatic hydroxyl groups is 1. The molecule has 27 heavy (non-hydrogen) atoms. The van der Waals surface area contributed by atoms with Crippen molar-refractivity contribution in [1.29, 1.82) is 0 Å². The minimum absolute atomic E-state index is 0.136. The van der Waals surface area contributed by atoms with Crippen molar-refractivity contribution in [2.24, 2.45) is 0 Å². The van der Waals surface area contributed by atoms with Crippen LogP contribution in [0.3, 0.4) is 0 Å². The fourth-order valence-electron chi connectivity index (χ4n) is 3.32. The van der Waals surface area contributed by atoms with Gasteiger partial charge in [-0.2, -0.15) is 0 Å². The van der Waals surface area contributed by atoms with Crippen LogP contribution in [0.1, 0.15) is 22.0 Å². The van der Waals surface area contributed by atoms with Gasteiger partial charge in [-0.15, -0.1) is 11.3 Å². The van der Waals surface area contributed by atoms with Crippen LogP contribution in [0.5, 0.6) is 0 Å². The van der Waals surface area contributed by atoms with E-state index in [1.54, 1.807) is 24.3 Å². The summed E-state index contributed by atoms with van der Waals surface area (Å²) in [6.07, 6.45) is 0. The molecule has 1 aliphatic heterocycles. The van der Waals surface area contributed by atoms with E-state index in [1.165, 1.54) is 16.2 Å². The number of rotatable bonds is 4. The van der Waals surface area contributed by atoms with Crippen molar-refractivity contribution in [2.75, 3.05) is 0 Å². The lowest BCUT2D eigenvalue weighted by atomic mass is 10.00. The quantitative estimate of drug-likeness (QED) is 0.418. The summed E-state index contributed by atoms with van der Waals surface area (Å²) in [4.78, 5) is 28.0. The van der Waals surface area contributed by atoms with Crippen LogP contribution in [0.25, 0.3) is 5.76 Å². The highest BCUT2D eigenvalue weighted by Crippen LogP contribution is 2.41. The Kier molecular flexibility index (Phi) is 4.60. The Morgan fingerprint density at radius 3 is 2.22 bits per heavy atom. The van der Waals surface area contributed by atoms with Crippen LogP contribution in [0, 0.1) is 0 Å². The first-order valence-corrected chi connectivity index (χ1v) is 9.46. The second-order valence-electron chi connectivity index (χ2n) is 6.29. The molecule has 1 aromatic heterocycles. The molecule has 1 atom stereocenters. The second kappa shape index (κ2) is 7.21. The highest BCUT2D eigenvalue weighted by atomic mass is 32.1. The van der Waals surface area contributed by atoms with Gasteiger partial charge in [0.2, 0.25) is 0 Å². The van der Waals surface area contributed by atoms with Crippen molar-refractivity contribution in [2.45, 2.75) is 12.6 Å². The molecule has 3 aromatic rings. The molecule has 1 unspecified atom stereocenters. The molecule has 1 amide bonds. The Morgan fingerprint density at radius 1 is 0.926 bits per heavy atom. The van der Waals surface area contributed by atoms with E-state index in [9.17, 15) is 14.7 Å². The molecule has 2 aromatic carbocycles. The Bertz CT molecular complexity index is 995. The summed E-state index contributed by atoms with van der Waals surface area (Å²) in [7, 11) is 0. The predicted octanol–water partition coefficient (Wildman–Crippen LogP) is 4.37. The molecule has 1 aliphatic rings. The van der Waals surface area contributed by atoms with Gasteiger partial charge in [-0.05, 0) is 17.0 Å². The molecule has 0 saturated carbocycles. The summed E-state index contributed by atoms with van der Waals surface area (Å²) in [5, 5.41) is 12.7. The third-order valence-electron chi connectivity index (χ3n) is 4.60. The number of thiophene rings is 1. The van der Waals surface area contributed by atoms with Crippen LogP contribution >= 0.6 is 11.3 Å². The van der Waals surface area contributed by atoms with Crippen molar-refractivity contribution in [3.05, 3.63) is 99.8 Å². The van der Waals surface area contributed by atoms with Gasteiger partial charge < -0.3 is 10.0 Å². The summed E-state index contributed by atoms with van der Waals surface area (Å²) in [6.45, 7) is 0.305. The average molecular weight is 375 g/mol. The van der Waals surface area contributed by atoms with Crippen molar-refractivity contribution < 1.29 is 14.7 Å². The number of carbonyl (C=O) groups excluding carboxylic acids is 2. The molecule has 1 saturated heterocycles. The van der Waals surface area contributed by atoms with Crippen molar-refractivity contribution >= 4 is 28.8 Å². The molecule has 5 heteroatoms. The zero-order valence-electron chi connectivity index (χ0n) is 14.4. The Labute approximate surface area is 161 Å². The fourth-order valence-corrected chi connectivity index (χ4v) is 4.16. The number of carbonyl (C=O) groups is 2. The van der Waals surface area contributed by atoms with Crippen molar-refractivity contribution in [3.8, 4) is 0 Å². The number of hydrogen-bond acceptors (Lipinski definition) is 4. The van der Waals surface area contributed by atoms with Crippen LogP contribution in [0.2, 0.25) is 0 Å². The number of likely N-dealkylation sites (tertiary alicyclic amines) is 1. The van der Waals surface area contributed by atoms with Crippen LogP contribution < -0.4 is 0 Å². The average Bonchev–Trinajstić information content (AvgIpc) is 3.32. The molecule has 1 N–H and O–H groups in total. The first-order chi connectivity index (χ1) is 13.2. The monoisotopic (exact) mass is 375 g/mol. The van der Waals surface area contributed by atoms with Crippen LogP contribution in [-0.2, 0) is 16.1 Å². The van der Waals surface area contributed by atoms with Crippen LogP contribution in [-0.4, -0.2) is 21.7 Å². The topological polar surface area (TPSA) is 57.6 Å². The molecule has 1 fully saturated rings. The first kappa shape index (κ1) is 17.2. The summed E-state index contributed by atoms with van der Waals surface area (Å²) in [5.41, 5.74) is 1.60. The highest BCUT2D eigenvalue weighted by Gasteiger charge is 2.46. The minimum atomic E-state index is -0.648. The van der Waals surface area contributed by atoms with E-state index in [0.29, 0.717) is 12.1 Å². The molecule has 134 valence electrons. The lowest BCUT2D eigenvalue weighted by molar-refractivity contribution is -0.140. The molecule has 0 spiro atoms. The summed E-state index contributed by atoms with van der Waals surface area (Å²) in [6, 6.07) is 21.6. The maximum atomic E-state index is 12.8. The molecular weight excluding hydrogens is 358 g/mol. The Morgan fingerprint density at radius 2 is 1.59 bits per heavy atom. The number of amides is 1. The molecular formula is C22H17NO3S. The van der Waals surface area contributed by atoms with E-state index in [2.05, 4.69) is 0 Å². The standard InChI is InChI=1S/C22H17NO3S/c24-20(16-10-5-2-6-11-16)18-19(17-12-7-13-27-17)23(22(26)21(18)25)14-15-8-3-1-4-9-15/h1-13,19,24H,14H2/b20-18+. The van der Waals surface area contributed by atoms with E-state index in [0.717, 1.165) is 10.4 Å². The van der Waals surface area contributed by atoms with E-state index in [4.69, 9.17) is 0 Å². The number of ketones is 1. The van der Waals surface area contributed by atoms with E-state index >= 15 is 0 Å². The molecule has 2 heterocycles. The number of Topliss-reactive ketones (excluding diaryl/α,β-unsaturated/α-hetero) is 1. The summed E-state index contributed by atoms with van der Waals surface area (Å²) < 4.78 is 0. The van der Waals surface area contributed by atoms with E-state index in [1.807, 2.05) is 53.9 Å². The van der Waals surface area contributed by atoms with E-state index in [-0.39, 0.29) is 11.3 Å². The zero-order chi connectivity index (χ0) is 18.8. The third-order valence-corrected chi connectivity index (χ3v) is 5.52. The van der Waals surface area contributed by atoms with Gasteiger partial charge in [0.25, 0.3) is 11.7 Å². The molecule has 0 bridgehead atoms. The number of aliphatic hydroxyl groups excluding tert-OH is 1. The predicted molar refractivity (Wildman–Crippen MR) is 105 cm³/mol. The third kappa shape index (κ3) is 3.17. The van der Waals surface area contributed by atoms with Gasteiger partial charge >= 0.3 is 0 Å². The smallest absolute Gasteiger partial charge is 0.295 e. The molecule has 0 radical (unpaired) electrons. The van der Waals surface area contributed by atoms with Gasteiger partial charge in [-0.25, -0.2) is 0 Å². The van der Waals surface area contributed by atoms with Gasteiger partial charge in [0, 0.05) is 17.0 Å². The van der Waals surface area contributed by atoms with E-state index < -0.39 is 17.7 Å². The normalized spacial score (nSPS) is 18.8. The van der Waals surface area contributed by atoms with Gasteiger partial charge in [-0.3, -0.25) is 9.59 Å². The fraction of sp³-hybridized carbons (Fsp3) is 0.0909. The van der Waals surface area contributed by atoms with Gasteiger partial charge in [0.05, 0.1) is 11.6 Å². The second-order valence-corrected chi connectivity index (χ2v) is 7.27. The molecule has 0 aliphatic carbocycles. The number of hydrogen-bond donors (Lipinski definition) is 1. The van der Waals surface area contributed by atoms with Crippen LogP contribution in [0.4, 0.5) is 0 Å². The molecule has 4 rings (SSSR count). The number of nitrogens with zero attached hydrogens (tertiary/aromatic N) is 1. The minimum Gasteiger partial charge on any atom is -0.507 e. The van der Waals surface area contributed by atoms with Gasteiger partial charge in [-0.1, -0.05) is 66.7 Å². The summed E-state index contributed by atoms with van der Waals surface area (Å²) >= 11 is 1.46. The zero-order valence-corrected chi connectivity index (χ0v) is 15.2. The van der Waals surface area contributed by atoms with Gasteiger partial charge in [0.15, 0.2) is 0 Å². The lowest BCUT2D eigenvalue weighted by Crippen LogP contribution is -2.28. The SMILES string of the molecule is O=C1C(=O)N(Cc2ccccc2)C(c2cccs2)/C1=C(\O)c1ccccc1. The largest absolute Gasteiger partial charge is 0.507 e. The number of benzene rings is 2. The van der Waals surface area contributed by atoms with Crippen molar-refractivity contribution in [3.63, 3.8) is 0 Å². The molecule has 4 nitrogen and oxygen atoms in total. The van der Waals surface area contributed by atoms with Gasteiger partial charge in [0.1, 0.15) is 5.76 Å². The lowest BCUT2D eigenvalue weighted by Gasteiger charge is -2.24. The Balaban J connectivity index is 1.83. The van der Waals surface area contributed by atoms with Crippen LogP contribution in [0.15, 0.2) is 83.7 Å². The highest BCUT2D eigenvalue weighted by molar-refractivity contribution is 7.10. The maximum Gasteiger partial charge on any atom is 0.295 e.